The maximum absolute atomic E-state index is 11.1. The Morgan fingerprint density at radius 3 is 2.32 bits per heavy atom. The van der Waals surface area contributed by atoms with Crippen molar-refractivity contribution < 1.29 is 19.4 Å². The summed E-state index contributed by atoms with van der Waals surface area (Å²) in [5, 5.41) is 12.1. The van der Waals surface area contributed by atoms with Crippen LogP contribution in [-0.4, -0.2) is 30.0 Å². The van der Waals surface area contributed by atoms with Gasteiger partial charge in [0.15, 0.2) is 0 Å². The Morgan fingerprint density at radius 1 is 1.00 bits per heavy atom. The average molecular weight is 343 g/mol. The first-order valence-electron chi connectivity index (χ1n) is 8.27. The number of hydrogen-bond donors (Lipinski definition) is 2. The van der Waals surface area contributed by atoms with Gasteiger partial charge in [-0.15, -0.1) is 0 Å². The first-order valence-corrected chi connectivity index (χ1v) is 8.27. The van der Waals surface area contributed by atoms with Crippen LogP contribution in [0.3, 0.4) is 0 Å². The van der Waals surface area contributed by atoms with Crippen LogP contribution in [0.1, 0.15) is 25.0 Å². The number of anilines is 1. The number of aliphatic carboxylic acids is 1. The molecule has 0 unspecified atom stereocenters. The molecule has 0 aliphatic heterocycles. The zero-order valence-corrected chi connectivity index (χ0v) is 14.7. The molecule has 0 radical (unpaired) electrons. The lowest BCUT2D eigenvalue weighted by atomic mass is 10.1. The summed E-state index contributed by atoms with van der Waals surface area (Å²) < 4.78 is 11.0. The topological polar surface area (TPSA) is 67.8 Å². The largest absolute Gasteiger partial charge is 0.480 e. The molecule has 2 N–H and O–H groups in total. The van der Waals surface area contributed by atoms with Crippen molar-refractivity contribution >= 4 is 11.7 Å². The summed E-state index contributed by atoms with van der Waals surface area (Å²) in [5.41, 5.74) is 2.03. The second-order valence-corrected chi connectivity index (χ2v) is 6.36. The molecule has 25 heavy (non-hydrogen) atoms. The SMILES string of the molecule is CC(C)(Nc1ccc(CCOCOCc2ccccc2)cc1)C(=O)O. The highest BCUT2D eigenvalue weighted by Crippen LogP contribution is 2.16. The third kappa shape index (κ3) is 6.57. The zero-order chi connectivity index (χ0) is 18.1. The van der Waals surface area contributed by atoms with Crippen LogP contribution in [0.2, 0.25) is 0 Å². The van der Waals surface area contributed by atoms with Gasteiger partial charge in [-0.05, 0) is 43.5 Å². The van der Waals surface area contributed by atoms with Crippen LogP contribution in [-0.2, 0) is 27.3 Å². The highest BCUT2D eigenvalue weighted by Gasteiger charge is 2.26. The highest BCUT2D eigenvalue weighted by atomic mass is 16.7. The summed E-state index contributed by atoms with van der Waals surface area (Å²) in [5.74, 6) is -0.888. The van der Waals surface area contributed by atoms with E-state index < -0.39 is 11.5 Å². The smallest absolute Gasteiger partial charge is 0.328 e. The van der Waals surface area contributed by atoms with Crippen LogP contribution in [0.5, 0.6) is 0 Å². The molecule has 0 atom stereocenters. The van der Waals surface area contributed by atoms with Crippen molar-refractivity contribution in [1.82, 2.24) is 0 Å². The summed E-state index contributed by atoms with van der Waals surface area (Å²) >= 11 is 0. The van der Waals surface area contributed by atoms with Gasteiger partial charge in [0.05, 0.1) is 13.2 Å². The van der Waals surface area contributed by atoms with Gasteiger partial charge >= 0.3 is 5.97 Å². The van der Waals surface area contributed by atoms with E-state index >= 15 is 0 Å². The molecule has 134 valence electrons. The minimum Gasteiger partial charge on any atom is -0.480 e. The molecule has 0 aromatic heterocycles. The molecule has 0 spiro atoms. The van der Waals surface area contributed by atoms with Crippen molar-refractivity contribution in [1.29, 1.82) is 0 Å². The predicted octanol–water partition coefficient (Wildman–Crippen LogP) is 3.70. The lowest BCUT2D eigenvalue weighted by Crippen LogP contribution is -2.39. The summed E-state index contributed by atoms with van der Waals surface area (Å²) in [6.07, 6.45) is 0.775. The Balaban J connectivity index is 1.65. The van der Waals surface area contributed by atoms with Crippen LogP contribution in [0, 0.1) is 0 Å². The number of ether oxygens (including phenoxy) is 2. The van der Waals surface area contributed by atoms with Crippen molar-refractivity contribution in [2.24, 2.45) is 0 Å². The van der Waals surface area contributed by atoms with Gasteiger partial charge in [-0.3, -0.25) is 0 Å². The summed E-state index contributed by atoms with van der Waals surface area (Å²) in [6, 6.07) is 17.7. The number of carbonyl (C=O) groups is 1. The Morgan fingerprint density at radius 2 is 1.68 bits per heavy atom. The molecule has 0 bridgehead atoms. The van der Waals surface area contributed by atoms with Crippen LogP contribution < -0.4 is 5.32 Å². The second kappa shape index (κ2) is 9.20. The van der Waals surface area contributed by atoms with E-state index in [9.17, 15) is 4.79 Å². The van der Waals surface area contributed by atoms with Crippen molar-refractivity contribution in [3.63, 3.8) is 0 Å². The van der Waals surface area contributed by atoms with Crippen LogP contribution in [0.25, 0.3) is 0 Å². The highest BCUT2D eigenvalue weighted by molar-refractivity contribution is 5.81. The van der Waals surface area contributed by atoms with Crippen molar-refractivity contribution in [3.8, 4) is 0 Å². The van der Waals surface area contributed by atoms with Gasteiger partial charge in [-0.2, -0.15) is 0 Å². The van der Waals surface area contributed by atoms with Crippen molar-refractivity contribution in [2.75, 3.05) is 18.7 Å². The molecule has 0 fully saturated rings. The number of hydrogen-bond acceptors (Lipinski definition) is 4. The van der Waals surface area contributed by atoms with Gasteiger partial charge in [0, 0.05) is 5.69 Å². The molecule has 0 heterocycles. The monoisotopic (exact) mass is 343 g/mol. The number of rotatable bonds is 10. The molecular weight excluding hydrogens is 318 g/mol. The fourth-order valence-electron chi connectivity index (χ4n) is 2.21. The number of benzene rings is 2. The lowest BCUT2D eigenvalue weighted by Gasteiger charge is -2.22. The third-order valence-corrected chi connectivity index (χ3v) is 3.76. The molecular formula is C20H25NO4. The Hall–Kier alpha value is -2.37. The molecule has 2 rings (SSSR count). The van der Waals surface area contributed by atoms with E-state index in [1.54, 1.807) is 13.8 Å². The first-order chi connectivity index (χ1) is 12.0. The molecule has 0 saturated heterocycles. The van der Waals surface area contributed by atoms with Gasteiger partial charge in [0.2, 0.25) is 0 Å². The molecule has 5 heteroatoms. The maximum Gasteiger partial charge on any atom is 0.328 e. The molecule has 0 amide bonds. The average Bonchev–Trinajstić information content (AvgIpc) is 2.60. The Kier molecular flexibility index (Phi) is 6.98. The Bertz CT molecular complexity index is 653. The normalized spacial score (nSPS) is 11.3. The van der Waals surface area contributed by atoms with Gasteiger partial charge in [-0.25, -0.2) is 4.79 Å². The Labute approximate surface area is 148 Å². The number of nitrogens with one attached hydrogen (secondary N) is 1. The van der Waals surface area contributed by atoms with E-state index in [1.807, 2.05) is 54.6 Å². The second-order valence-electron chi connectivity index (χ2n) is 6.36. The van der Waals surface area contributed by atoms with Crippen molar-refractivity contribution in [2.45, 2.75) is 32.4 Å². The molecule has 2 aromatic carbocycles. The predicted molar refractivity (Wildman–Crippen MR) is 97.5 cm³/mol. The van der Waals surface area contributed by atoms with Crippen LogP contribution >= 0.6 is 0 Å². The minimum absolute atomic E-state index is 0.265. The minimum atomic E-state index is -0.999. The summed E-state index contributed by atoms with van der Waals surface area (Å²) in [6.45, 7) is 4.64. The van der Waals surface area contributed by atoms with E-state index in [-0.39, 0.29) is 6.79 Å². The zero-order valence-electron chi connectivity index (χ0n) is 14.7. The molecule has 0 saturated carbocycles. The van der Waals surface area contributed by atoms with Gasteiger partial charge in [0.25, 0.3) is 0 Å². The van der Waals surface area contributed by atoms with Crippen LogP contribution in [0.4, 0.5) is 5.69 Å². The maximum atomic E-state index is 11.1. The van der Waals surface area contributed by atoms with E-state index in [2.05, 4.69) is 5.32 Å². The van der Waals surface area contributed by atoms with E-state index in [4.69, 9.17) is 14.6 Å². The van der Waals surface area contributed by atoms with Crippen LogP contribution in [0.15, 0.2) is 54.6 Å². The fourth-order valence-corrected chi connectivity index (χ4v) is 2.21. The van der Waals surface area contributed by atoms with E-state index in [1.165, 1.54) is 0 Å². The number of carboxylic acids is 1. The van der Waals surface area contributed by atoms with Gasteiger partial charge < -0.3 is 19.9 Å². The quantitative estimate of drug-likeness (QED) is 0.509. The van der Waals surface area contributed by atoms with E-state index in [0.29, 0.717) is 13.2 Å². The lowest BCUT2D eigenvalue weighted by molar-refractivity contribution is -0.141. The first kappa shape index (κ1) is 19.0. The molecule has 2 aromatic rings. The molecule has 0 aliphatic carbocycles. The molecule has 5 nitrogen and oxygen atoms in total. The summed E-state index contributed by atoms with van der Waals surface area (Å²) in [7, 11) is 0. The standard InChI is InChI=1S/C20H25NO4/c1-20(2,19(22)23)21-18-10-8-16(9-11-18)12-13-24-15-25-14-17-6-4-3-5-7-17/h3-11,21H,12-15H2,1-2H3,(H,22,23). The third-order valence-electron chi connectivity index (χ3n) is 3.76. The van der Waals surface area contributed by atoms with Crippen molar-refractivity contribution in [3.05, 3.63) is 65.7 Å². The van der Waals surface area contributed by atoms with E-state index in [0.717, 1.165) is 23.2 Å². The molecule has 0 aliphatic rings. The fraction of sp³-hybridized carbons (Fsp3) is 0.350. The van der Waals surface area contributed by atoms with Gasteiger partial charge in [0.1, 0.15) is 12.3 Å². The number of carboxylic acid groups (broad SMARTS) is 1. The van der Waals surface area contributed by atoms with Gasteiger partial charge in [-0.1, -0.05) is 42.5 Å². The summed E-state index contributed by atoms with van der Waals surface area (Å²) in [4.78, 5) is 11.1.